The molecule has 0 fully saturated rings. The second kappa shape index (κ2) is 8.53. The van der Waals surface area contributed by atoms with Crippen LogP contribution in [0.4, 0.5) is 0 Å². The highest BCUT2D eigenvalue weighted by Crippen LogP contribution is 2.35. The predicted molar refractivity (Wildman–Crippen MR) is 101 cm³/mol. The molecule has 0 radical (unpaired) electrons. The molecule has 0 aliphatic rings. The van der Waals surface area contributed by atoms with Crippen molar-refractivity contribution < 1.29 is 19.0 Å². The molecule has 0 bridgehead atoms. The molecule has 0 unspecified atom stereocenters. The molecule has 6 heteroatoms. The number of Topliss-reactive ketones (excluding diaryl/α,β-unsaturated/α-hetero) is 1. The van der Waals surface area contributed by atoms with E-state index < -0.39 is 4.83 Å². The van der Waals surface area contributed by atoms with Crippen molar-refractivity contribution in [2.45, 2.75) is 9.65 Å². The van der Waals surface area contributed by atoms with E-state index in [-0.39, 0.29) is 10.6 Å². The zero-order valence-electron chi connectivity index (χ0n) is 13.6. The second-order valence-corrected chi connectivity index (χ2v) is 6.98. The Balaban J connectivity index is 2.21. The fourth-order valence-corrected chi connectivity index (χ4v) is 3.35. The number of rotatable bonds is 7. The van der Waals surface area contributed by atoms with Gasteiger partial charge in [0.15, 0.2) is 17.3 Å². The van der Waals surface area contributed by atoms with Gasteiger partial charge in [0.05, 0.1) is 31.0 Å². The number of ether oxygens (including phenoxy) is 3. The van der Waals surface area contributed by atoms with Crippen LogP contribution in [0.1, 0.15) is 20.7 Å². The molecule has 128 valence electrons. The lowest BCUT2D eigenvalue weighted by atomic mass is 10.0. The van der Waals surface area contributed by atoms with Gasteiger partial charge < -0.3 is 14.2 Å². The number of halogens is 2. The summed E-state index contributed by atoms with van der Waals surface area (Å²) in [6, 6.07) is 12.7. The van der Waals surface area contributed by atoms with Crippen molar-refractivity contribution in [1.82, 2.24) is 0 Å². The van der Waals surface area contributed by atoms with Crippen molar-refractivity contribution >= 4 is 37.6 Å². The average Bonchev–Trinajstić information content (AvgIpc) is 2.65. The van der Waals surface area contributed by atoms with Crippen LogP contribution in [-0.4, -0.2) is 31.9 Å². The van der Waals surface area contributed by atoms with E-state index in [0.29, 0.717) is 17.1 Å². The topological polar surface area (TPSA) is 44.8 Å². The Hall–Kier alpha value is -1.53. The quantitative estimate of drug-likeness (QED) is 0.442. The minimum atomic E-state index is -0.427. The molecule has 0 saturated carbocycles. The lowest BCUT2D eigenvalue weighted by Crippen LogP contribution is -2.19. The van der Waals surface area contributed by atoms with Crippen LogP contribution < -0.4 is 14.2 Å². The summed E-state index contributed by atoms with van der Waals surface area (Å²) in [6.07, 6.45) is 0. The first-order valence-corrected chi connectivity index (χ1v) is 9.03. The van der Waals surface area contributed by atoms with Crippen LogP contribution in [0.15, 0.2) is 42.5 Å². The fourth-order valence-electron chi connectivity index (χ4n) is 2.24. The Morgan fingerprint density at radius 1 is 0.875 bits per heavy atom. The lowest BCUT2D eigenvalue weighted by Gasteiger charge is -2.17. The summed E-state index contributed by atoms with van der Waals surface area (Å²) in [7, 11) is 4.72. The van der Waals surface area contributed by atoms with E-state index >= 15 is 0 Å². The third-order valence-electron chi connectivity index (χ3n) is 3.61. The molecule has 2 rings (SSSR count). The second-order valence-electron chi connectivity index (χ2n) is 5.01. The van der Waals surface area contributed by atoms with Gasteiger partial charge in [-0.15, -0.1) is 0 Å². The molecule has 24 heavy (non-hydrogen) atoms. The number of carbonyl (C=O) groups is 1. The molecule has 0 aromatic heterocycles. The maximum absolute atomic E-state index is 12.8. The molecule has 0 N–H and O–H groups in total. The van der Waals surface area contributed by atoms with Crippen molar-refractivity contribution in [1.29, 1.82) is 0 Å². The van der Waals surface area contributed by atoms with Gasteiger partial charge in [-0.25, -0.2) is 0 Å². The molecule has 2 atom stereocenters. The number of carbonyl (C=O) groups excluding carboxylic acids is 1. The van der Waals surface area contributed by atoms with Gasteiger partial charge in [0.2, 0.25) is 0 Å². The predicted octanol–water partition coefficient (Wildman–Crippen LogP) is 4.79. The van der Waals surface area contributed by atoms with Crippen molar-refractivity contribution in [2.24, 2.45) is 0 Å². The van der Waals surface area contributed by atoms with Crippen molar-refractivity contribution in [2.75, 3.05) is 21.3 Å². The summed E-state index contributed by atoms with van der Waals surface area (Å²) in [6.45, 7) is 0. The molecule has 0 spiro atoms. The summed E-state index contributed by atoms with van der Waals surface area (Å²) >= 11 is 7.10. The number of alkyl halides is 2. The van der Waals surface area contributed by atoms with Gasteiger partial charge >= 0.3 is 0 Å². The highest BCUT2D eigenvalue weighted by Gasteiger charge is 2.26. The van der Waals surface area contributed by atoms with Gasteiger partial charge in [0.1, 0.15) is 5.75 Å². The molecule has 0 heterocycles. The Morgan fingerprint density at radius 3 is 2.04 bits per heavy atom. The van der Waals surface area contributed by atoms with Gasteiger partial charge in [-0.2, -0.15) is 0 Å². The zero-order valence-corrected chi connectivity index (χ0v) is 16.8. The number of hydrogen-bond acceptors (Lipinski definition) is 4. The molecule has 2 aromatic rings. The molecule has 0 aliphatic carbocycles. The maximum atomic E-state index is 12.8. The molecule has 4 nitrogen and oxygen atoms in total. The number of hydrogen-bond donors (Lipinski definition) is 0. The molecular weight excluding hydrogens is 440 g/mol. The Labute approximate surface area is 158 Å². The van der Waals surface area contributed by atoms with E-state index in [4.69, 9.17) is 14.2 Å². The molecular formula is C18H18Br2O4. The van der Waals surface area contributed by atoms with Crippen molar-refractivity contribution in [3.63, 3.8) is 0 Å². The normalized spacial score (nSPS) is 13.0. The maximum Gasteiger partial charge on any atom is 0.178 e. The Morgan fingerprint density at radius 2 is 1.50 bits per heavy atom. The van der Waals surface area contributed by atoms with E-state index in [1.165, 1.54) is 0 Å². The Bertz CT molecular complexity index is 701. The Kier molecular flexibility index (Phi) is 6.69. The third-order valence-corrected chi connectivity index (χ3v) is 6.32. The first kappa shape index (κ1) is 18.8. The van der Waals surface area contributed by atoms with E-state index in [1.807, 2.05) is 24.3 Å². The summed E-state index contributed by atoms with van der Waals surface area (Å²) in [5, 5.41) is 0. The lowest BCUT2D eigenvalue weighted by molar-refractivity contribution is 0.0990. The van der Waals surface area contributed by atoms with Crippen molar-refractivity contribution in [3.8, 4) is 17.2 Å². The first-order valence-electron chi connectivity index (χ1n) is 7.20. The number of methoxy groups -OCH3 is 3. The molecule has 0 saturated heterocycles. The van der Waals surface area contributed by atoms with Crippen LogP contribution in [-0.2, 0) is 0 Å². The molecule has 0 aliphatic heterocycles. The van der Waals surface area contributed by atoms with E-state index in [2.05, 4.69) is 31.9 Å². The van der Waals surface area contributed by atoms with E-state index in [9.17, 15) is 4.79 Å². The first-order chi connectivity index (χ1) is 11.5. The summed E-state index contributed by atoms with van der Waals surface area (Å²) < 4.78 is 15.6. The standard InChI is InChI=1S/C18H18Br2O4/c1-22-13-7-4-11(5-8-13)16(19)17(20)18(21)12-6-9-14(23-2)15(10-12)24-3/h4-10,16-17H,1-3H3/t16-,17+/m0/s1. The number of benzene rings is 2. The van der Waals surface area contributed by atoms with Crippen LogP contribution in [0, 0.1) is 0 Å². The average molecular weight is 458 g/mol. The van der Waals surface area contributed by atoms with Crippen LogP contribution in [0.3, 0.4) is 0 Å². The van der Waals surface area contributed by atoms with Crippen LogP contribution >= 0.6 is 31.9 Å². The van der Waals surface area contributed by atoms with Crippen LogP contribution in [0.25, 0.3) is 0 Å². The molecule has 2 aromatic carbocycles. The van der Waals surface area contributed by atoms with Gasteiger partial charge in [-0.1, -0.05) is 44.0 Å². The van der Waals surface area contributed by atoms with Gasteiger partial charge in [-0.05, 0) is 35.9 Å². The van der Waals surface area contributed by atoms with Gasteiger partial charge in [-0.3, -0.25) is 4.79 Å². The highest BCUT2D eigenvalue weighted by atomic mass is 79.9. The minimum Gasteiger partial charge on any atom is -0.497 e. The van der Waals surface area contributed by atoms with Crippen LogP contribution in [0.5, 0.6) is 17.2 Å². The largest absolute Gasteiger partial charge is 0.497 e. The zero-order chi connectivity index (χ0) is 17.7. The minimum absolute atomic E-state index is 0.0475. The van der Waals surface area contributed by atoms with E-state index in [0.717, 1.165) is 11.3 Å². The monoisotopic (exact) mass is 456 g/mol. The SMILES string of the molecule is COc1ccc([C@H](Br)[C@@H](Br)C(=O)c2ccc(OC)c(OC)c2)cc1. The fraction of sp³-hybridized carbons (Fsp3) is 0.278. The van der Waals surface area contributed by atoms with Gasteiger partial charge in [0.25, 0.3) is 0 Å². The van der Waals surface area contributed by atoms with Crippen LogP contribution in [0.2, 0.25) is 0 Å². The third kappa shape index (κ3) is 4.11. The van der Waals surface area contributed by atoms with Crippen molar-refractivity contribution in [3.05, 3.63) is 53.6 Å². The number of ketones is 1. The highest BCUT2D eigenvalue weighted by molar-refractivity contribution is 9.12. The summed E-state index contributed by atoms with van der Waals surface area (Å²) in [4.78, 5) is 12.1. The summed E-state index contributed by atoms with van der Waals surface area (Å²) in [5.41, 5.74) is 1.53. The summed E-state index contributed by atoms with van der Waals surface area (Å²) in [5.74, 6) is 1.84. The van der Waals surface area contributed by atoms with E-state index in [1.54, 1.807) is 39.5 Å². The van der Waals surface area contributed by atoms with Gasteiger partial charge in [0, 0.05) is 5.56 Å². The smallest absolute Gasteiger partial charge is 0.178 e. The molecule has 0 amide bonds.